The Labute approximate surface area is 166 Å². The lowest BCUT2D eigenvalue weighted by Crippen LogP contribution is -2.21. The molecule has 0 radical (unpaired) electrons. The van der Waals surface area contributed by atoms with Gasteiger partial charge in [0.05, 0.1) is 13.2 Å². The average Bonchev–Trinajstić information content (AvgIpc) is 3.22. The molecule has 1 atom stereocenters. The number of carbonyl (C=O) groups excluding carboxylic acids is 1. The van der Waals surface area contributed by atoms with Crippen LogP contribution in [0.25, 0.3) is 0 Å². The molecule has 0 fully saturated rings. The van der Waals surface area contributed by atoms with Crippen LogP contribution in [0.2, 0.25) is 0 Å². The molecule has 2 heterocycles. The molecule has 0 saturated carbocycles. The third-order valence-corrected chi connectivity index (χ3v) is 8.85. The Morgan fingerprint density at radius 3 is 2.71 bits per heavy atom. The number of carbonyl (C=O) groups is 1. The van der Waals surface area contributed by atoms with Crippen molar-refractivity contribution in [2.24, 2.45) is 9.50 Å². The van der Waals surface area contributed by atoms with Crippen LogP contribution in [0.1, 0.15) is 39.1 Å². The predicted octanol–water partition coefficient (Wildman–Crippen LogP) is 3.48. The zero-order chi connectivity index (χ0) is 19.5. The molecule has 0 unspecified atom stereocenters. The summed E-state index contributed by atoms with van der Waals surface area (Å²) in [4.78, 5) is 13.3. The summed E-state index contributed by atoms with van der Waals surface area (Å²) in [5, 5.41) is 8.63. The second kappa shape index (κ2) is 6.62. The first-order valence-electron chi connectivity index (χ1n) is 9.34. The standard InChI is InChI=1S/C19H20FN3O3S2/c20-16-14-9-26-7-6-15(14)27-18(16)28(21,25)23-19(24)22-17-12-3-1-2-10(12)8-11-4-5-13(11)17/h8H,1-7,9H2,(H3,21,22,23,24,25)/t28-/m1/s1. The topological polar surface area (TPSA) is 93.8 Å². The van der Waals surface area contributed by atoms with E-state index in [0.29, 0.717) is 18.6 Å². The van der Waals surface area contributed by atoms with E-state index in [1.165, 1.54) is 11.1 Å². The second-order valence-corrected chi connectivity index (χ2v) is 10.5. The van der Waals surface area contributed by atoms with Gasteiger partial charge in [-0.25, -0.2) is 18.5 Å². The Balaban J connectivity index is 1.48. The van der Waals surface area contributed by atoms with Gasteiger partial charge in [-0.2, -0.15) is 0 Å². The molecule has 1 aromatic carbocycles. The summed E-state index contributed by atoms with van der Waals surface area (Å²) in [6.45, 7) is 0.613. The van der Waals surface area contributed by atoms with Crippen LogP contribution in [-0.4, -0.2) is 16.8 Å². The number of thiophene rings is 1. The second-order valence-electron chi connectivity index (χ2n) is 7.38. The van der Waals surface area contributed by atoms with Gasteiger partial charge in [-0.3, -0.25) is 0 Å². The Hall–Kier alpha value is -1.81. The van der Waals surface area contributed by atoms with Gasteiger partial charge < -0.3 is 10.1 Å². The van der Waals surface area contributed by atoms with Crippen LogP contribution in [0.5, 0.6) is 0 Å². The van der Waals surface area contributed by atoms with E-state index < -0.39 is 21.8 Å². The van der Waals surface area contributed by atoms with Crippen LogP contribution in [0, 0.1) is 5.82 Å². The molecule has 28 heavy (non-hydrogen) atoms. The van der Waals surface area contributed by atoms with E-state index in [-0.39, 0.29) is 10.8 Å². The lowest BCUT2D eigenvalue weighted by Gasteiger charge is -2.25. The highest BCUT2D eigenvalue weighted by Crippen LogP contribution is 2.40. The molecular formula is C19H20FN3O3S2. The average molecular weight is 422 g/mol. The van der Waals surface area contributed by atoms with Crippen molar-refractivity contribution in [3.63, 3.8) is 0 Å². The Kier molecular flexibility index (Phi) is 4.31. The summed E-state index contributed by atoms with van der Waals surface area (Å²) in [6, 6.07) is 1.44. The van der Waals surface area contributed by atoms with Crippen molar-refractivity contribution in [2.45, 2.75) is 49.3 Å². The van der Waals surface area contributed by atoms with E-state index in [2.05, 4.69) is 15.7 Å². The Morgan fingerprint density at radius 1 is 1.18 bits per heavy atom. The number of ether oxygens (including phenoxy) is 1. The fourth-order valence-electron chi connectivity index (χ4n) is 4.23. The molecule has 9 heteroatoms. The van der Waals surface area contributed by atoms with Crippen molar-refractivity contribution in [3.05, 3.63) is 44.6 Å². The lowest BCUT2D eigenvalue weighted by atomic mass is 9.83. The zero-order valence-corrected chi connectivity index (χ0v) is 16.8. The number of halogens is 1. The van der Waals surface area contributed by atoms with Crippen LogP contribution in [0.4, 0.5) is 14.9 Å². The lowest BCUT2D eigenvalue weighted by molar-refractivity contribution is 0.109. The SMILES string of the molecule is N[S@@](=O)(=NC(=O)Nc1c2c(cc3c1CC3)CCC2)c1sc2c(c1F)COCC2. The molecule has 148 valence electrons. The fourth-order valence-corrected chi connectivity index (χ4v) is 6.77. The summed E-state index contributed by atoms with van der Waals surface area (Å²) in [7, 11) is -3.67. The maximum Gasteiger partial charge on any atom is 0.354 e. The van der Waals surface area contributed by atoms with Gasteiger partial charge in [-0.15, -0.1) is 15.7 Å². The smallest absolute Gasteiger partial charge is 0.354 e. The molecule has 1 aromatic heterocycles. The molecule has 2 amide bonds. The normalized spacial score (nSPS) is 19.1. The number of urea groups is 1. The minimum absolute atomic E-state index is 0.127. The molecule has 0 bridgehead atoms. The van der Waals surface area contributed by atoms with Gasteiger partial charge in [-0.1, -0.05) is 6.07 Å². The number of nitrogens with two attached hydrogens (primary N) is 1. The summed E-state index contributed by atoms with van der Waals surface area (Å²) in [5.74, 6) is -0.659. The molecule has 2 aliphatic carbocycles. The zero-order valence-electron chi connectivity index (χ0n) is 15.2. The number of amides is 2. The first kappa shape index (κ1) is 18.2. The highest BCUT2D eigenvalue weighted by atomic mass is 32.2. The van der Waals surface area contributed by atoms with E-state index in [9.17, 15) is 13.4 Å². The number of rotatable bonds is 2. The number of hydrogen-bond acceptors (Lipinski definition) is 4. The summed E-state index contributed by atoms with van der Waals surface area (Å²) >= 11 is 1.02. The van der Waals surface area contributed by atoms with Crippen LogP contribution < -0.4 is 10.5 Å². The summed E-state index contributed by atoms with van der Waals surface area (Å²) < 4.78 is 36.3. The van der Waals surface area contributed by atoms with Gasteiger partial charge in [0.25, 0.3) is 0 Å². The van der Waals surface area contributed by atoms with E-state index >= 15 is 0 Å². The van der Waals surface area contributed by atoms with E-state index in [1.807, 2.05) is 0 Å². The number of anilines is 1. The minimum atomic E-state index is -3.67. The van der Waals surface area contributed by atoms with Gasteiger partial charge >= 0.3 is 6.03 Å². The first-order chi connectivity index (χ1) is 13.4. The molecule has 2 aromatic rings. The molecule has 5 rings (SSSR count). The van der Waals surface area contributed by atoms with Crippen molar-refractivity contribution in [2.75, 3.05) is 11.9 Å². The van der Waals surface area contributed by atoms with E-state index in [4.69, 9.17) is 9.88 Å². The Bertz CT molecular complexity index is 1130. The highest BCUT2D eigenvalue weighted by molar-refractivity contribution is 7.93. The van der Waals surface area contributed by atoms with E-state index in [0.717, 1.165) is 65.1 Å². The molecular weight excluding hydrogens is 401 g/mol. The maximum absolute atomic E-state index is 14.7. The first-order valence-corrected chi connectivity index (χ1v) is 11.7. The van der Waals surface area contributed by atoms with Gasteiger partial charge in [0.2, 0.25) is 0 Å². The predicted molar refractivity (Wildman–Crippen MR) is 106 cm³/mol. The maximum atomic E-state index is 14.7. The number of nitrogens with zero attached hydrogens (tertiary/aromatic N) is 1. The molecule has 3 aliphatic rings. The quantitative estimate of drug-likeness (QED) is 0.777. The largest absolute Gasteiger partial charge is 0.376 e. The van der Waals surface area contributed by atoms with Crippen molar-refractivity contribution in [1.82, 2.24) is 0 Å². The monoisotopic (exact) mass is 421 g/mol. The van der Waals surface area contributed by atoms with Crippen LogP contribution in [0.15, 0.2) is 14.6 Å². The fraction of sp³-hybridized carbons (Fsp3) is 0.421. The molecule has 0 saturated heterocycles. The summed E-state index contributed by atoms with van der Waals surface area (Å²) in [5.41, 5.74) is 5.95. The number of aryl methyl sites for hydroxylation is 2. The van der Waals surface area contributed by atoms with Gasteiger partial charge in [-0.05, 0) is 54.4 Å². The molecule has 6 nitrogen and oxygen atoms in total. The van der Waals surface area contributed by atoms with Crippen molar-refractivity contribution in [3.8, 4) is 0 Å². The van der Waals surface area contributed by atoms with Crippen molar-refractivity contribution >= 4 is 33.0 Å². The molecule has 3 N–H and O–H groups in total. The number of nitrogens with one attached hydrogen (secondary N) is 1. The Morgan fingerprint density at radius 2 is 1.96 bits per heavy atom. The van der Waals surface area contributed by atoms with E-state index in [1.54, 1.807) is 0 Å². The number of benzene rings is 1. The van der Waals surface area contributed by atoms with Gasteiger partial charge in [0, 0.05) is 22.5 Å². The van der Waals surface area contributed by atoms with Crippen LogP contribution in [-0.2, 0) is 53.4 Å². The number of hydrogen-bond donors (Lipinski definition) is 2. The van der Waals surface area contributed by atoms with Crippen LogP contribution >= 0.6 is 11.3 Å². The van der Waals surface area contributed by atoms with Crippen molar-refractivity contribution in [1.29, 1.82) is 0 Å². The van der Waals surface area contributed by atoms with Crippen LogP contribution in [0.3, 0.4) is 0 Å². The highest BCUT2D eigenvalue weighted by Gasteiger charge is 2.29. The number of fused-ring (bicyclic) bond motifs is 3. The van der Waals surface area contributed by atoms with Crippen molar-refractivity contribution < 1.29 is 18.1 Å². The third kappa shape index (κ3) is 2.88. The molecule has 1 aliphatic heterocycles. The summed E-state index contributed by atoms with van der Waals surface area (Å²) in [6.07, 6.45) is 5.42. The molecule has 0 spiro atoms. The van der Waals surface area contributed by atoms with Gasteiger partial charge in [0.1, 0.15) is 0 Å². The minimum Gasteiger partial charge on any atom is -0.376 e. The third-order valence-electron chi connectivity index (χ3n) is 5.68. The van der Waals surface area contributed by atoms with Gasteiger partial charge in [0.15, 0.2) is 19.9 Å².